The number of nitrogens with one attached hydrogen (secondary N) is 1. The van der Waals surface area contributed by atoms with Crippen LogP contribution in [0.4, 0.5) is 23.4 Å². The van der Waals surface area contributed by atoms with Gasteiger partial charge in [-0.15, -0.1) is 5.10 Å². The number of H-pyrrole nitrogens is 1. The largest absolute Gasteiger partial charge is 0.405 e. The third-order valence-electron chi connectivity index (χ3n) is 5.05. The number of nitrogens with zero attached hydrogens (tertiary/aromatic N) is 5. The van der Waals surface area contributed by atoms with Gasteiger partial charge in [0.15, 0.2) is 11.0 Å². The number of carbonyl (C=O) groups excluding carboxylic acids is 1. The van der Waals surface area contributed by atoms with E-state index in [4.69, 9.17) is 4.52 Å². The number of alkyl halides is 3. The number of benzene rings is 1. The van der Waals surface area contributed by atoms with Gasteiger partial charge in [-0.25, -0.2) is 4.39 Å². The number of hydrogen-bond donors (Lipinski definition) is 1. The van der Waals surface area contributed by atoms with E-state index in [1.807, 2.05) is 5.10 Å². The summed E-state index contributed by atoms with van der Waals surface area (Å²) in [5.41, 5.74) is -3.03. The monoisotopic (exact) mass is 440 g/mol. The smallest absolute Gasteiger partial charge is 0.358 e. The minimum atomic E-state index is -4.88. The van der Waals surface area contributed by atoms with E-state index in [0.717, 1.165) is 23.2 Å². The second-order valence-corrected chi connectivity index (χ2v) is 6.88. The Kier molecular flexibility index (Phi) is 4.71. The molecule has 1 unspecified atom stereocenters. The predicted octanol–water partition coefficient (Wildman–Crippen LogP) is 2.85. The van der Waals surface area contributed by atoms with Gasteiger partial charge in [0, 0.05) is 18.7 Å². The van der Waals surface area contributed by atoms with Crippen LogP contribution in [0.15, 0.2) is 35.0 Å². The molecule has 0 saturated carbocycles. The fourth-order valence-electron chi connectivity index (χ4n) is 3.42. The maximum Gasteiger partial charge on any atom is 0.405 e. The Morgan fingerprint density at radius 1 is 1.35 bits per heavy atom. The van der Waals surface area contributed by atoms with Gasteiger partial charge in [0.25, 0.3) is 5.91 Å². The maximum absolute atomic E-state index is 14.1. The van der Waals surface area contributed by atoms with Crippen LogP contribution >= 0.6 is 0 Å². The lowest BCUT2D eigenvalue weighted by molar-refractivity contribution is -0.389. The summed E-state index contributed by atoms with van der Waals surface area (Å²) in [5, 5.41) is 20.0. The Labute approximate surface area is 170 Å². The van der Waals surface area contributed by atoms with E-state index >= 15 is 0 Å². The van der Waals surface area contributed by atoms with Gasteiger partial charge < -0.3 is 19.5 Å². The SMILES string of the molecule is O=C(c1cn[nH]c1[N+](=O)[O-])N1CCC(c2nc(-c3cccc(F)c3)no2)(C(F)(F)F)C1. The zero-order chi connectivity index (χ0) is 22.4. The van der Waals surface area contributed by atoms with Gasteiger partial charge in [-0.05, 0) is 23.5 Å². The summed E-state index contributed by atoms with van der Waals surface area (Å²) in [6.07, 6.45) is -4.60. The molecule has 1 aliphatic rings. The molecule has 3 aromatic rings. The summed E-state index contributed by atoms with van der Waals surface area (Å²) in [5.74, 6) is -3.37. The van der Waals surface area contributed by atoms with Crippen molar-refractivity contribution in [3.8, 4) is 11.4 Å². The quantitative estimate of drug-likeness (QED) is 0.375. The molecular weight excluding hydrogens is 428 g/mol. The van der Waals surface area contributed by atoms with Crippen molar-refractivity contribution in [2.24, 2.45) is 0 Å². The molecule has 1 N–H and O–H groups in total. The van der Waals surface area contributed by atoms with E-state index in [1.165, 1.54) is 12.1 Å². The van der Waals surface area contributed by atoms with Gasteiger partial charge in [0.05, 0.1) is 6.20 Å². The average Bonchev–Trinajstić information content (AvgIpc) is 3.45. The molecule has 1 saturated heterocycles. The Balaban J connectivity index is 1.67. The average molecular weight is 440 g/mol. The first-order valence-corrected chi connectivity index (χ1v) is 8.76. The molecule has 0 aliphatic carbocycles. The molecule has 1 fully saturated rings. The van der Waals surface area contributed by atoms with Gasteiger partial charge >= 0.3 is 12.0 Å². The highest BCUT2D eigenvalue weighted by molar-refractivity contribution is 5.97. The minimum absolute atomic E-state index is 0.118. The van der Waals surface area contributed by atoms with Gasteiger partial charge in [0.2, 0.25) is 11.7 Å². The van der Waals surface area contributed by atoms with Crippen LogP contribution in [-0.2, 0) is 5.41 Å². The van der Waals surface area contributed by atoms with E-state index in [-0.39, 0.29) is 17.9 Å². The van der Waals surface area contributed by atoms with Crippen molar-refractivity contribution in [2.45, 2.75) is 18.0 Å². The van der Waals surface area contributed by atoms with Crippen LogP contribution in [0.5, 0.6) is 0 Å². The number of rotatable bonds is 4. The van der Waals surface area contributed by atoms with Crippen LogP contribution in [0.2, 0.25) is 0 Å². The highest BCUT2D eigenvalue weighted by Gasteiger charge is 2.63. The van der Waals surface area contributed by atoms with Crippen molar-refractivity contribution in [1.82, 2.24) is 25.2 Å². The van der Waals surface area contributed by atoms with E-state index in [0.29, 0.717) is 0 Å². The molecule has 0 bridgehead atoms. The van der Waals surface area contributed by atoms with E-state index in [9.17, 15) is 32.5 Å². The van der Waals surface area contributed by atoms with Gasteiger partial charge in [0.1, 0.15) is 5.82 Å². The number of aromatic nitrogens is 4. The van der Waals surface area contributed by atoms with Crippen LogP contribution in [0.25, 0.3) is 11.4 Å². The summed E-state index contributed by atoms with van der Waals surface area (Å²) in [7, 11) is 0. The Morgan fingerprint density at radius 3 is 2.81 bits per heavy atom. The maximum atomic E-state index is 14.1. The fraction of sp³-hybridized carbons (Fsp3) is 0.294. The molecule has 10 nitrogen and oxygen atoms in total. The lowest BCUT2D eigenvalue weighted by Crippen LogP contribution is -2.46. The number of nitro groups is 1. The lowest BCUT2D eigenvalue weighted by Gasteiger charge is -2.27. The number of hydrogen-bond acceptors (Lipinski definition) is 7. The molecule has 2 aromatic heterocycles. The summed E-state index contributed by atoms with van der Waals surface area (Å²) < 4.78 is 60.6. The number of aromatic amines is 1. The van der Waals surface area contributed by atoms with Crippen molar-refractivity contribution < 1.29 is 31.8 Å². The van der Waals surface area contributed by atoms with Crippen molar-refractivity contribution in [2.75, 3.05) is 13.1 Å². The zero-order valence-corrected chi connectivity index (χ0v) is 15.4. The van der Waals surface area contributed by atoms with Crippen molar-refractivity contribution in [3.63, 3.8) is 0 Å². The van der Waals surface area contributed by atoms with Crippen LogP contribution in [-0.4, -0.2) is 55.3 Å². The molecule has 1 amide bonds. The van der Waals surface area contributed by atoms with Crippen LogP contribution in [0, 0.1) is 15.9 Å². The van der Waals surface area contributed by atoms with Crippen LogP contribution < -0.4 is 0 Å². The second kappa shape index (κ2) is 7.14. The molecule has 162 valence electrons. The number of halogens is 4. The van der Waals surface area contributed by atoms with E-state index in [1.54, 1.807) is 0 Å². The minimum Gasteiger partial charge on any atom is -0.358 e. The molecule has 1 atom stereocenters. The Hall–Kier alpha value is -3.84. The molecule has 4 rings (SSSR count). The first kappa shape index (κ1) is 20.4. The lowest BCUT2D eigenvalue weighted by atomic mass is 9.86. The van der Waals surface area contributed by atoms with Gasteiger partial charge in [-0.2, -0.15) is 18.2 Å². The van der Waals surface area contributed by atoms with Crippen molar-refractivity contribution >= 4 is 11.7 Å². The molecule has 14 heteroatoms. The predicted molar refractivity (Wildman–Crippen MR) is 93.2 cm³/mol. The molecular formula is C17H12F4N6O4. The van der Waals surface area contributed by atoms with Gasteiger partial charge in [-0.1, -0.05) is 22.4 Å². The molecule has 31 heavy (non-hydrogen) atoms. The molecule has 0 spiro atoms. The first-order valence-electron chi connectivity index (χ1n) is 8.76. The summed E-state index contributed by atoms with van der Waals surface area (Å²) in [6.45, 7) is -1.25. The summed E-state index contributed by atoms with van der Waals surface area (Å²) >= 11 is 0. The van der Waals surface area contributed by atoms with Crippen molar-refractivity contribution in [3.05, 3.63) is 57.8 Å². The molecule has 0 radical (unpaired) electrons. The van der Waals surface area contributed by atoms with Gasteiger partial charge in [-0.3, -0.25) is 4.79 Å². The highest BCUT2D eigenvalue weighted by atomic mass is 19.4. The zero-order valence-electron chi connectivity index (χ0n) is 15.4. The summed E-state index contributed by atoms with van der Waals surface area (Å²) in [6, 6.07) is 4.93. The first-order chi connectivity index (χ1) is 14.6. The Bertz CT molecular complexity index is 1160. The molecule has 3 heterocycles. The molecule has 1 aromatic carbocycles. The van der Waals surface area contributed by atoms with Crippen molar-refractivity contribution in [1.29, 1.82) is 0 Å². The summed E-state index contributed by atoms with van der Waals surface area (Å²) in [4.78, 5) is 27.4. The van der Waals surface area contributed by atoms with E-state index < -0.39 is 58.5 Å². The standard InChI is InChI=1S/C17H12F4N6O4/c18-10-3-1-2-9(6-10)12-23-15(31-25-12)16(17(19,20)21)4-5-26(8-16)14(28)11-7-22-24-13(11)27(29)30/h1-3,6-7H,4-5,8H2,(H,22,24). The highest BCUT2D eigenvalue weighted by Crippen LogP contribution is 2.47. The van der Waals surface area contributed by atoms with E-state index in [2.05, 4.69) is 15.2 Å². The fourth-order valence-corrected chi connectivity index (χ4v) is 3.42. The third-order valence-corrected chi connectivity index (χ3v) is 5.05. The third kappa shape index (κ3) is 3.39. The molecule has 1 aliphatic heterocycles. The number of carbonyl (C=O) groups is 1. The Morgan fingerprint density at radius 2 is 2.13 bits per heavy atom. The number of amides is 1. The topological polar surface area (TPSA) is 131 Å². The van der Waals surface area contributed by atoms with Crippen LogP contribution in [0.1, 0.15) is 22.7 Å². The number of likely N-dealkylation sites (tertiary alicyclic amines) is 1. The van der Waals surface area contributed by atoms with Crippen LogP contribution in [0.3, 0.4) is 0 Å². The second-order valence-electron chi connectivity index (χ2n) is 6.88. The normalized spacial score (nSPS) is 19.0.